The molecule has 2 heterocycles. The standard InChI is InChI=1S/C24H25NO6/c1-28-21-11-5-8-17(22(21)29-2)14-25(15-18-9-6-12-30-18)23(26)19-13-16-7-3-4-10-20(16)31-24(19)27/h3-5,7-8,10-11,13,18H,6,9,12,14-15H2,1-2H3/t18-/m1/s1. The largest absolute Gasteiger partial charge is 0.493 e. The van der Waals surface area contributed by atoms with Crippen molar-refractivity contribution in [2.75, 3.05) is 27.4 Å². The molecule has 7 nitrogen and oxygen atoms in total. The van der Waals surface area contributed by atoms with Crippen LogP contribution in [-0.2, 0) is 11.3 Å². The third kappa shape index (κ3) is 4.41. The van der Waals surface area contributed by atoms with Crippen LogP contribution in [0.3, 0.4) is 0 Å². The van der Waals surface area contributed by atoms with Gasteiger partial charge in [0, 0.05) is 30.6 Å². The van der Waals surface area contributed by atoms with Gasteiger partial charge >= 0.3 is 5.63 Å². The molecule has 1 aromatic heterocycles. The highest BCUT2D eigenvalue weighted by Crippen LogP contribution is 2.32. The molecule has 0 N–H and O–H groups in total. The van der Waals surface area contributed by atoms with Crippen molar-refractivity contribution in [3.8, 4) is 11.5 Å². The van der Waals surface area contributed by atoms with Crippen LogP contribution in [0.1, 0.15) is 28.8 Å². The summed E-state index contributed by atoms with van der Waals surface area (Å²) in [5.41, 5.74) is 0.569. The molecule has 31 heavy (non-hydrogen) atoms. The van der Waals surface area contributed by atoms with E-state index >= 15 is 0 Å². The molecule has 0 radical (unpaired) electrons. The lowest BCUT2D eigenvalue weighted by atomic mass is 10.1. The fourth-order valence-corrected chi connectivity index (χ4v) is 3.92. The van der Waals surface area contributed by atoms with E-state index in [2.05, 4.69) is 0 Å². The van der Waals surface area contributed by atoms with Crippen molar-refractivity contribution in [1.29, 1.82) is 0 Å². The maximum absolute atomic E-state index is 13.5. The van der Waals surface area contributed by atoms with Crippen LogP contribution in [0, 0.1) is 0 Å². The van der Waals surface area contributed by atoms with Gasteiger partial charge < -0.3 is 23.5 Å². The van der Waals surface area contributed by atoms with Crippen LogP contribution in [0.2, 0.25) is 0 Å². The van der Waals surface area contributed by atoms with Crippen molar-refractivity contribution < 1.29 is 23.4 Å². The third-order valence-electron chi connectivity index (χ3n) is 5.45. The van der Waals surface area contributed by atoms with Crippen LogP contribution in [0.4, 0.5) is 0 Å². The molecule has 0 unspecified atom stereocenters. The molecule has 1 aliphatic rings. The summed E-state index contributed by atoms with van der Waals surface area (Å²) >= 11 is 0. The SMILES string of the molecule is COc1cccc(CN(C[C@H]2CCCO2)C(=O)c2cc3ccccc3oc2=O)c1OC. The molecule has 2 aromatic carbocycles. The second-order valence-corrected chi connectivity index (χ2v) is 7.46. The van der Waals surface area contributed by atoms with Gasteiger partial charge in [-0.15, -0.1) is 0 Å². The summed E-state index contributed by atoms with van der Waals surface area (Å²) in [5, 5.41) is 0.696. The van der Waals surface area contributed by atoms with E-state index in [-0.39, 0.29) is 18.2 Å². The van der Waals surface area contributed by atoms with Crippen LogP contribution in [0.15, 0.2) is 57.7 Å². The van der Waals surface area contributed by atoms with Crippen LogP contribution in [-0.4, -0.2) is 44.3 Å². The number of methoxy groups -OCH3 is 2. The van der Waals surface area contributed by atoms with E-state index in [1.54, 1.807) is 43.4 Å². The maximum atomic E-state index is 13.5. The van der Waals surface area contributed by atoms with Crippen LogP contribution < -0.4 is 15.1 Å². The Hall–Kier alpha value is -3.32. The Bertz CT molecular complexity index is 1130. The number of rotatable bonds is 7. The van der Waals surface area contributed by atoms with E-state index in [0.717, 1.165) is 18.4 Å². The number of ether oxygens (including phenoxy) is 3. The smallest absolute Gasteiger partial charge is 0.349 e. The van der Waals surface area contributed by atoms with Gasteiger partial charge in [-0.1, -0.05) is 30.3 Å². The van der Waals surface area contributed by atoms with Crippen molar-refractivity contribution in [3.05, 3.63) is 70.1 Å². The van der Waals surface area contributed by atoms with Gasteiger partial charge in [0.2, 0.25) is 0 Å². The topological polar surface area (TPSA) is 78.2 Å². The Balaban J connectivity index is 1.71. The Morgan fingerprint density at radius 2 is 1.97 bits per heavy atom. The fourth-order valence-electron chi connectivity index (χ4n) is 3.92. The van der Waals surface area contributed by atoms with E-state index in [0.29, 0.717) is 35.6 Å². The lowest BCUT2D eigenvalue weighted by Gasteiger charge is -2.26. The van der Waals surface area contributed by atoms with Gasteiger partial charge in [0.25, 0.3) is 5.91 Å². The summed E-state index contributed by atoms with van der Waals surface area (Å²) in [4.78, 5) is 27.7. The molecule has 1 atom stereocenters. The van der Waals surface area contributed by atoms with Crippen molar-refractivity contribution in [1.82, 2.24) is 4.90 Å². The first-order valence-corrected chi connectivity index (χ1v) is 10.2. The van der Waals surface area contributed by atoms with Crippen molar-refractivity contribution in [3.63, 3.8) is 0 Å². The zero-order valence-corrected chi connectivity index (χ0v) is 17.6. The Kier molecular flexibility index (Phi) is 6.23. The number of hydrogen-bond donors (Lipinski definition) is 0. The molecular weight excluding hydrogens is 398 g/mol. The normalized spacial score (nSPS) is 15.7. The second kappa shape index (κ2) is 9.22. The van der Waals surface area contributed by atoms with Crippen LogP contribution >= 0.6 is 0 Å². The Labute approximate surface area is 180 Å². The zero-order valence-electron chi connectivity index (χ0n) is 17.6. The second-order valence-electron chi connectivity index (χ2n) is 7.46. The number of nitrogens with zero attached hydrogens (tertiary/aromatic N) is 1. The molecule has 1 fully saturated rings. The average Bonchev–Trinajstić information content (AvgIpc) is 3.30. The molecule has 7 heteroatoms. The van der Waals surface area contributed by atoms with Gasteiger partial charge in [0.1, 0.15) is 11.1 Å². The van der Waals surface area contributed by atoms with Crippen molar-refractivity contribution in [2.24, 2.45) is 0 Å². The van der Waals surface area contributed by atoms with E-state index in [4.69, 9.17) is 18.6 Å². The molecule has 1 saturated heterocycles. The third-order valence-corrected chi connectivity index (χ3v) is 5.45. The summed E-state index contributed by atoms with van der Waals surface area (Å²) in [6, 6.07) is 14.2. The summed E-state index contributed by atoms with van der Waals surface area (Å²) in [6.07, 6.45) is 1.74. The monoisotopic (exact) mass is 423 g/mol. The first-order chi connectivity index (χ1) is 15.1. The first kappa shape index (κ1) is 20.9. The molecule has 0 aliphatic carbocycles. The Morgan fingerprint density at radius 3 is 2.71 bits per heavy atom. The van der Waals surface area contributed by atoms with Gasteiger partial charge in [-0.25, -0.2) is 4.79 Å². The zero-order chi connectivity index (χ0) is 21.8. The van der Waals surface area contributed by atoms with Gasteiger partial charge in [-0.05, 0) is 31.0 Å². The minimum absolute atomic E-state index is 0.00133. The number of amides is 1. The highest BCUT2D eigenvalue weighted by molar-refractivity contribution is 5.96. The van der Waals surface area contributed by atoms with E-state index in [1.807, 2.05) is 24.3 Å². The van der Waals surface area contributed by atoms with Crippen molar-refractivity contribution in [2.45, 2.75) is 25.5 Å². The molecule has 1 amide bonds. The van der Waals surface area contributed by atoms with E-state index in [9.17, 15) is 9.59 Å². The minimum atomic E-state index is -0.654. The lowest BCUT2D eigenvalue weighted by molar-refractivity contribution is 0.0502. The number of para-hydroxylation sites is 2. The highest BCUT2D eigenvalue weighted by atomic mass is 16.5. The number of carbonyl (C=O) groups excluding carboxylic acids is 1. The van der Waals surface area contributed by atoms with E-state index in [1.165, 1.54) is 0 Å². The number of fused-ring (bicyclic) bond motifs is 1. The van der Waals surface area contributed by atoms with Gasteiger partial charge in [0.05, 0.1) is 20.3 Å². The Morgan fingerprint density at radius 1 is 1.13 bits per heavy atom. The maximum Gasteiger partial charge on any atom is 0.349 e. The predicted molar refractivity (Wildman–Crippen MR) is 116 cm³/mol. The van der Waals surface area contributed by atoms with Gasteiger partial charge in [-0.2, -0.15) is 0 Å². The first-order valence-electron chi connectivity index (χ1n) is 10.2. The molecule has 0 saturated carbocycles. The minimum Gasteiger partial charge on any atom is -0.493 e. The van der Waals surface area contributed by atoms with Crippen LogP contribution in [0.5, 0.6) is 11.5 Å². The summed E-state index contributed by atoms with van der Waals surface area (Å²) in [7, 11) is 3.13. The lowest BCUT2D eigenvalue weighted by Crippen LogP contribution is -2.39. The quantitative estimate of drug-likeness (QED) is 0.540. The molecule has 3 aromatic rings. The summed E-state index contributed by atoms with van der Waals surface area (Å²) < 4.78 is 22.1. The predicted octanol–water partition coefficient (Wildman–Crippen LogP) is 3.63. The van der Waals surface area contributed by atoms with Gasteiger partial charge in [-0.3, -0.25) is 4.79 Å². The number of benzene rings is 2. The number of hydrogen-bond acceptors (Lipinski definition) is 6. The molecule has 4 rings (SSSR count). The highest BCUT2D eigenvalue weighted by Gasteiger charge is 2.27. The molecule has 0 bridgehead atoms. The van der Waals surface area contributed by atoms with Crippen LogP contribution in [0.25, 0.3) is 11.0 Å². The molecule has 0 spiro atoms. The van der Waals surface area contributed by atoms with Gasteiger partial charge in [0.15, 0.2) is 11.5 Å². The summed E-state index contributed by atoms with van der Waals surface area (Å²) in [5.74, 6) is 0.732. The van der Waals surface area contributed by atoms with Crippen molar-refractivity contribution >= 4 is 16.9 Å². The summed E-state index contributed by atoms with van der Waals surface area (Å²) in [6.45, 7) is 1.28. The van der Waals surface area contributed by atoms with E-state index < -0.39 is 11.5 Å². The average molecular weight is 423 g/mol. The molecule has 162 valence electrons. The molecule has 1 aliphatic heterocycles. The molecular formula is C24H25NO6. The number of carbonyl (C=O) groups is 1. The fraction of sp³-hybridized carbons (Fsp3) is 0.333.